The molecule has 1 heterocycles. The van der Waals surface area contributed by atoms with Crippen molar-refractivity contribution in [2.45, 2.75) is 6.61 Å². The van der Waals surface area contributed by atoms with Crippen LogP contribution in [0.5, 0.6) is 5.75 Å². The first kappa shape index (κ1) is 13.0. The van der Waals surface area contributed by atoms with Gasteiger partial charge in [0.25, 0.3) is 0 Å². The lowest BCUT2D eigenvalue weighted by atomic mass is 10.3. The number of alkyl halides is 2. The van der Waals surface area contributed by atoms with Crippen LogP contribution in [0.3, 0.4) is 0 Å². The second-order valence-corrected chi connectivity index (χ2v) is 3.43. The zero-order valence-electron chi connectivity index (χ0n) is 9.68. The Kier molecular flexibility index (Phi) is 4.04. The van der Waals surface area contributed by atoms with Crippen molar-refractivity contribution in [3.8, 4) is 5.75 Å². The lowest BCUT2D eigenvalue weighted by Crippen LogP contribution is -2.09. The monoisotopic (exact) mass is 267 g/mol. The van der Waals surface area contributed by atoms with Crippen LogP contribution < -0.4 is 21.3 Å². The maximum Gasteiger partial charge on any atom is 0.387 e. The highest BCUT2D eigenvalue weighted by Gasteiger charge is 2.09. The molecule has 1 aromatic heterocycles. The molecular formula is C11H11F2N5O. The average molecular weight is 267 g/mol. The molecule has 2 rings (SSSR count). The van der Waals surface area contributed by atoms with Crippen LogP contribution in [0.4, 0.5) is 26.1 Å². The number of nitrogens with one attached hydrogen (secondary N) is 2. The number of nitrogens with zero attached hydrogens (tertiary/aromatic N) is 2. The fourth-order valence-electron chi connectivity index (χ4n) is 1.41. The number of nitrogens with two attached hydrogens (primary N) is 1. The molecule has 8 heteroatoms. The molecule has 0 spiro atoms. The number of hydrogen-bond acceptors (Lipinski definition) is 6. The summed E-state index contributed by atoms with van der Waals surface area (Å²) in [7, 11) is 0. The second kappa shape index (κ2) is 5.91. The summed E-state index contributed by atoms with van der Waals surface area (Å²) in [5.41, 5.74) is 2.72. The van der Waals surface area contributed by atoms with E-state index < -0.39 is 6.61 Å². The third-order valence-electron chi connectivity index (χ3n) is 2.18. The Labute approximate surface area is 107 Å². The van der Waals surface area contributed by atoms with Crippen LogP contribution in [0.2, 0.25) is 0 Å². The molecule has 0 aliphatic heterocycles. The molecule has 6 nitrogen and oxygen atoms in total. The first-order chi connectivity index (χ1) is 9.19. The molecule has 0 radical (unpaired) electrons. The lowest BCUT2D eigenvalue weighted by Gasteiger charge is -2.12. The maximum absolute atomic E-state index is 12.3. The minimum Gasteiger partial charge on any atom is -0.433 e. The van der Waals surface area contributed by atoms with Crippen LogP contribution in [0.1, 0.15) is 0 Å². The van der Waals surface area contributed by atoms with Crippen molar-refractivity contribution in [3.63, 3.8) is 0 Å². The van der Waals surface area contributed by atoms with Crippen molar-refractivity contribution < 1.29 is 13.5 Å². The van der Waals surface area contributed by atoms with E-state index in [1.54, 1.807) is 18.2 Å². The summed E-state index contributed by atoms with van der Waals surface area (Å²) in [6.07, 6.45) is 1.29. The minimum atomic E-state index is -2.89. The van der Waals surface area contributed by atoms with E-state index in [9.17, 15) is 8.78 Å². The highest BCUT2D eigenvalue weighted by atomic mass is 19.3. The Morgan fingerprint density at radius 1 is 1.16 bits per heavy atom. The number of hydrazine groups is 1. The second-order valence-electron chi connectivity index (χ2n) is 3.43. The Balaban J connectivity index is 2.22. The van der Waals surface area contributed by atoms with E-state index in [-0.39, 0.29) is 5.75 Å². The van der Waals surface area contributed by atoms with E-state index in [4.69, 9.17) is 5.84 Å². The Bertz CT molecular complexity index is 552. The average Bonchev–Trinajstić information content (AvgIpc) is 2.41. The number of rotatable bonds is 5. The van der Waals surface area contributed by atoms with E-state index in [1.165, 1.54) is 18.5 Å². The molecule has 0 unspecified atom stereocenters. The molecular weight excluding hydrogens is 256 g/mol. The fourth-order valence-corrected chi connectivity index (χ4v) is 1.41. The summed E-state index contributed by atoms with van der Waals surface area (Å²) in [4.78, 5) is 7.77. The Morgan fingerprint density at radius 3 is 2.63 bits per heavy atom. The van der Waals surface area contributed by atoms with Crippen molar-refractivity contribution in [2.24, 2.45) is 5.84 Å². The molecule has 0 aliphatic carbocycles. The molecule has 0 fully saturated rings. The van der Waals surface area contributed by atoms with E-state index in [2.05, 4.69) is 25.4 Å². The summed E-state index contributed by atoms with van der Waals surface area (Å²) >= 11 is 0. The molecule has 2 aromatic rings. The number of halogens is 2. The highest BCUT2D eigenvalue weighted by molar-refractivity contribution is 5.65. The quantitative estimate of drug-likeness (QED) is 0.568. The lowest BCUT2D eigenvalue weighted by molar-refractivity contribution is -0.0493. The molecule has 0 bridgehead atoms. The van der Waals surface area contributed by atoms with Gasteiger partial charge in [0.15, 0.2) is 0 Å². The highest BCUT2D eigenvalue weighted by Crippen LogP contribution is 2.28. The largest absolute Gasteiger partial charge is 0.433 e. The SMILES string of the molecule is NNc1cc(Nc2ccccc2OC(F)F)ncn1. The predicted molar refractivity (Wildman–Crippen MR) is 66.2 cm³/mol. The van der Waals surface area contributed by atoms with E-state index >= 15 is 0 Å². The third-order valence-corrected chi connectivity index (χ3v) is 2.18. The number of nitrogen functional groups attached to an aromatic ring is 1. The molecule has 0 saturated heterocycles. The van der Waals surface area contributed by atoms with Gasteiger partial charge >= 0.3 is 6.61 Å². The zero-order valence-corrected chi connectivity index (χ0v) is 9.68. The number of anilines is 3. The van der Waals surface area contributed by atoms with Gasteiger partial charge in [-0.25, -0.2) is 15.8 Å². The van der Waals surface area contributed by atoms with Crippen LogP contribution in [0, 0.1) is 0 Å². The predicted octanol–water partition coefficient (Wildman–Crippen LogP) is 2.11. The van der Waals surface area contributed by atoms with Crippen molar-refractivity contribution in [2.75, 3.05) is 10.7 Å². The van der Waals surface area contributed by atoms with Gasteiger partial charge in [0, 0.05) is 6.07 Å². The van der Waals surface area contributed by atoms with Crippen LogP contribution >= 0.6 is 0 Å². The van der Waals surface area contributed by atoms with Gasteiger partial charge in [-0.15, -0.1) is 0 Å². The van der Waals surface area contributed by atoms with Gasteiger partial charge < -0.3 is 15.5 Å². The molecule has 4 N–H and O–H groups in total. The summed E-state index contributed by atoms with van der Waals surface area (Å²) in [5, 5.41) is 2.85. The molecule has 19 heavy (non-hydrogen) atoms. The first-order valence-corrected chi connectivity index (χ1v) is 5.28. The van der Waals surface area contributed by atoms with Crippen LogP contribution in [0.15, 0.2) is 36.7 Å². The van der Waals surface area contributed by atoms with Gasteiger partial charge in [0.05, 0.1) is 5.69 Å². The summed E-state index contributed by atoms with van der Waals surface area (Å²) in [6.45, 7) is -2.89. The molecule has 1 aromatic carbocycles. The van der Waals surface area contributed by atoms with E-state index in [0.717, 1.165) is 0 Å². The molecule has 0 amide bonds. The van der Waals surface area contributed by atoms with Gasteiger partial charge in [0.2, 0.25) is 0 Å². The van der Waals surface area contributed by atoms with Crippen molar-refractivity contribution >= 4 is 17.3 Å². The number of aromatic nitrogens is 2. The summed E-state index contributed by atoms with van der Waals surface area (Å²) in [6, 6.07) is 7.83. The van der Waals surface area contributed by atoms with Crippen molar-refractivity contribution in [3.05, 3.63) is 36.7 Å². The standard InChI is InChI=1S/C11H11F2N5O/c12-11(13)19-8-4-2-1-3-7(8)17-9-5-10(18-14)16-6-15-9/h1-6,11H,14H2,(H2,15,16,17,18). The normalized spacial score (nSPS) is 10.3. The molecule has 0 atom stereocenters. The fraction of sp³-hybridized carbons (Fsp3) is 0.0909. The van der Waals surface area contributed by atoms with Crippen LogP contribution in [-0.2, 0) is 0 Å². The summed E-state index contributed by atoms with van der Waals surface area (Å²) in [5.74, 6) is 6.03. The van der Waals surface area contributed by atoms with Crippen molar-refractivity contribution in [1.82, 2.24) is 9.97 Å². The molecule has 0 saturated carbocycles. The smallest absolute Gasteiger partial charge is 0.387 e. The van der Waals surface area contributed by atoms with E-state index in [0.29, 0.717) is 17.3 Å². The summed E-state index contributed by atoms with van der Waals surface area (Å²) < 4.78 is 28.9. The molecule has 0 aliphatic rings. The van der Waals surface area contributed by atoms with Gasteiger partial charge in [-0.1, -0.05) is 12.1 Å². The number of benzene rings is 1. The van der Waals surface area contributed by atoms with E-state index in [1.807, 2.05) is 0 Å². The van der Waals surface area contributed by atoms with Crippen LogP contribution in [-0.4, -0.2) is 16.6 Å². The molecule has 100 valence electrons. The maximum atomic E-state index is 12.3. The topological polar surface area (TPSA) is 85.1 Å². The Hall–Kier alpha value is -2.48. The first-order valence-electron chi connectivity index (χ1n) is 5.28. The van der Waals surface area contributed by atoms with Gasteiger partial charge in [0.1, 0.15) is 23.7 Å². The Morgan fingerprint density at radius 2 is 1.89 bits per heavy atom. The van der Waals surface area contributed by atoms with Gasteiger partial charge in [-0.05, 0) is 12.1 Å². The zero-order chi connectivity index (χ0) is 13.7. The number of para-hydroxylation sites is 2. The minimum absolute atomic E-state index is 0.0263. The van der Waals surface area contributed by atoms with Gasteiger partial charge in [-0.3, -0.25) is 0 Å². The van der Waals surface area contributed by atoms with Crippen LogP contribution in [0.25, 0.3) is 0 Å². The van der Waals surface area contributed by atoms with Gasteiger partial charge in [-0.2, -0.15) is 8.78 Å². The number of ether oxygens (including phenoxy) is 1. The van der Waals surface area contributed by atoms with Crippen molar-refractivity contribution in [1.29, 1.82) is 0 Å². The third kappa shape index (κ3) is 3.49. The number of hydrogen-bond donors (Lipinski definition) is 3.